The second-order valence-electron chi connectivity index (χ2n) is 5.88. The molecule has 21 heavy (non-hydrogen) atoms. The van der Waals surface area contributed by atoms with Gasteiger partial charge in [0.05, 0.1) is 12.0 Å². The Morgan fingerprint density at radius 1 is 1.43 bits per heavy atom. The molecule has 0 saturated carbocycles. The van der Waals surface area contributed by atoms with Crippen molar-refractivity contribution >= 4 is 5.91 Å². The second-order valence-corrected chi connectivity index (χ2v) is 5.88. The number of aromatic nitrogens is 2. The lowest BCUT2D eigenvalue weighted by Gasteiger charge is -2.29. The summed E-state index contributed by atoms with van der Waals surface area (Å²) in [6.45, 7) is 8.57. The van der Waals surface area contributed by atoms with E-state index in [1.807, 2.05) is 31.3 Å². The first-order valence-electron chi connectivity index (χ1n) is 8.19. The van der Waals surface area contributed by atoms with Gasteiger partial charge >= 0.3 is 0 Å². The number of carbonyl (C=O) groups excluding carboxylic acids is 1. The summed E-state index contributed by atoms with van der Waals surface area (Å²) in [6.07, 6.45) is 7.99. The third kappa shape index (κ3) is 4.06. The number of carbonyl (C=O) groups is 1. The molecule has 0 radical (unpaired) electrons. The molecule has 1 saturated heterocycles. The van der Waals surface area contributed by atoms with Crippen LogP contribution in [0.4, 0.5) is 0 Å². The van der Waals surface area contributed by atoms with Crippen LogP contribution in [-0.4, -0.2) is 39.5 Å². The number of rotatable bonds is 6. The molecule has 1 aliphatic rings. The van der Waals surface area contributed by atoms with E-state index in [9.17, 15) is 4.79 Å². The highest BCUT2D eigenvalue weighted by atomic mass is 16.2. The molecule has 1 amide bonds. The van der Waals surface area contributed by atoms with Gasteiger partial charge in [-0.3, -0.25) is 4.79 Å². The third-order valence-electron chi connectivity index (χ3n) is 4.40. The van der Waals surface area contributed by atoms with Crippen LogP contribution < -0.4 is 5.32 Å². The number of hydrogen-bond donors (Lipinski definition) is 1. The summed E-state index contributed by atoms with van der Waals surface area (Å²) in [7, 11) is 0. The van der Waals surface area contributed by atoms with E-state index in [0.717, 1.165) is 26.1 Å². The topological polar surface area (TPSA) is 50.2 Å². The Bertz CT molecular complexity index is 453. The van der Waals surface area contributed by atoms with Crippen LogP contribution in [0.3, 0.4) is 0 Å². The number of piperidine rings is 1. The predicted molar refractivity (Wildman–Crippen MR) is 84.0 cm³/mol. The first-order chi connectivity index (χ1) is 10.2. The van der Waals surface area contributed by atoms with E-state index >= 15 is 0 Å². The summed E-state index contributed by atoms with van der Waals surface area (Å²) in [4.78, 5) is 18.3. The molecule has 1 aromatic heterocycles. The van der Waals surface area contributed by atoms with Crippen molar-refractivity contribution in [3.8, 4) is 0 Å². The van der Waals surface area contributed by atoms with Crippen LogP contribution in [0.25, 0.3) is 0 Å². The SMILES string of the molecule is CCN(CC)C(=O)CCn1cncc1C1CCCC(C)N1. The van der Waals surface area contributed by atoms with Gasteiger partial charge in [0, 0.05) is 44.3 Å². The van der Waals surface area contributed by atoms with E-state index in [2.05, 4.69) is 21.8 Å². The van der Waals surface area contributed by atoms with E-state index in [1.54, 1.807) is 0 Å². The molecule has 2 heterocycles. The lowest BCUT2D eigenvalue weighted by molar-refractivity contribution is -0.131. The molecule has 2 rings (SSSR count). The quantitative estimate of drug-likeness (QED) is 0.875. The van der Waals surface area contributed by atoms with Crippen molar-refractivity contribution < 1.29 is 4.79 Å². The Hall–Kier alpha value is -1.36. The van der Waals surface area contributed by atoms with E-state index in [-0.39, 0.29) is 5.91 Å². The zero-order chi connectivity index (χ0) is 15.2. The predicted octanol–water partition coefficient (Wildman–Crippen LogP) is 2.34. The Kier molecular flexibility index (Phi) is 5.79. The number of amides is 1. The van der Waals surface area contributed by atoms with Crippen molar-refractivity contribution in [1.29, 1.82) is 0 Å². The lowest BCUT2D eigenvalue weighted by Crippen LogP contribution is -2.36. The van der Waals surface area contributed by atoms with Crippen molar-refractivity contribution in [3.63, 3.8) is 0 Å². The molecule has 1 fully saturated rings. The normalized spacial score (nSPS) is 22.2. The Labute approximate surface area is 127 Å². The van der Waals surface area contributed by atoms with Crippen LogP contribution in [0.2, 0.25) is 0 Å². The van der Waals surface area contributed by atoms with E-state index in [0.29, 0.717) is 18.5 Å². The fraction of sp³-hybridized carbons (Fsp3) is 0.750. The van der Waals surface area contributed by atoms with E-state index in [4.69, 9.17) is 0 Å². The fourth-order valence-electron chi connectivity index (χ4n) is 3.13. The van der Waals surface area contributed by atoms with Gasteiger partial charge in [-0.15, -0.1) is 0 Å². The first kappa shape index (κ1) is 16.0. The largest absolute Gasteiger partial charge is 0.343 e. The van der Waals surface area contributed by atoms with Gasteiger partial charge in [0.25, 0.3) is 0 Å². The maximum atomic E-state index is 12.1. The molecule has 5 nitrogen and oxygen atoms in total. The zero-order valence-electron chi connectivity index (χ0n) is 13.5. The summed E-state index contributed by atoms with van der Waals surface area (Å²) in [5, 5.41) is 3.64. The average molecular weight is 292 g/mol. The summed E-state index contributed by atoms with van der Waals surface area (Å²) in [6, 6.07) is 0.934. The molecule has 0 aliphatic carbocycles. The van der Waals surface area contributed by atoms with Crippen LogP contribution in [-0.2, 0) is 11.3 Å². The second kappa shape index (κ2) is 7.59. The van der Waals surface area contributed by atoms with Crippen LogP contribution >= 0.6 is 0 Å². The van der Waals surface area contributed by atoms with Gasteiger partial charge in [0.1, 0.15) is 0 Å². The van der Waals surface area contributed by atoms with Gasteiger partial charge in [0.2, 0.25) is 5.91 Å². The summed E-state index contributed by atoms with van der Waals surface area (Å²) in [5.41, 5.74) is 1.22. The molecule has 118 valence electrons. The summed E-state index contributed by atoms with van der Waals surface area (Å²) in [5.74, 6) is 0.227. The molecule has 5 heteroatoms. The summed E-state index contributed by atoms with van der Waals surface area (Å²) >= 11 is 0. The highest BCUT2D eigenvalue weighted by Crippen LogP contribution is 2.25. The van der Waals surface area contributed by atoms with E-state index in [1.165, 1.54) is 18.5 Å². The molecule has 1 aliphatic heterocycles. The first-order valence-corrected chi connectivity index (χ1v) is 8.19. The molecular weight excluding hydrogens is 264 g/mol. The number of nitrogens with zero attached hydrogens (tertiary/aromatic N) is 3. The van der Waals surface area contributed by atoms with Crippen molar-refractivity contribution in [3.05, 3.63) is 18.2 Å². The minimum absolute atomic E-state index is 0.227. The van der Waals surface area contributed by atoms with Crippen LogP contribution in [0.15, 0.2) is 12.5 Å². The van der Waals surface area contributed by atoms with Crippen LogP contribution in [0.1, 0.15) is 58.2 Å². The van der Waals surface area contributed by atoms with Gasteiger partial charge in [-0.2, -0.15) is 0 Å². The summed E-state index contributed by atoms with van der Waals surface area (Å²) < 4.78 is 2.14. The zero-order valence-corrected chi connectivity index (χ0v) is 13.5. The molecule has 0 aromatic carbocycles. The maximum Gasteiger partial charge on any atom is 0.224 e. The fourth-order valence-corrected chi connectivity index (χ4v) is 3.13. The van der Waals surface area contributed by atoms with Crippen molar-refractivity contribution in [2.75, 3.05) is 13.1 Å². The number of hydrogen-bond acceptors (Lipinski definition) is 3. The monoisotopic (exact) mass is 292 g/mol. The van der Waals surface area contributed by atoms with Crippen molar-refractivity contribution in [2.45, 2.75) is 65.1 Å². The Balaban J connectivity index is 1.95. The molecule has 0 bridgehead atoms. The van der Waals surface area contributed by atoms with Gasteiger partial charge in [-0.1, -0.05) is 0 Å². The molecule has 1 aromatic rings. The lowest BCUT2D eigenvalue weighted by atomic mass is 9.97. The standard InChI is InChI=1S/C16H28N4O/c1-4-19(5-2)16(21)9-10-20-12-17-11-15(20)14-8-6-7-13(3)18-14/h11-14,18H,4-10H2,1-3H3. The van der Waals surface area contributed by atoms with E-state index < -0.39 is 0 Å². The molecule has 2 unspecified atom stereocenters. The van der Waals surface area contributed by atoms with Gasteiger partial charge in [-0.25, -0.2) is 4.98 Å². The third-order valence-corrected chi connectivity index (χ3v) is 4.40. The van der Waals surface area contributed by atoms with Crippen LogP contribution in [0.5, 0.6) is 0 Å². The average Bonchev–Trinajstić information content (AvgIpc) is 2.95. The number of aryl methyl sites for hydroxylation is 1. The number of nitrogens with one attached hydrogen (secondary N) is 1. The molecule has 2 atom stereocenters. The Morgan fingerprint density at radius 3 is 2.86 bits per heavy atom. The smallest absolute Gasteiger partial charge is 0.224 e. The van der Waals surface area contributed by atoms with Gasteiger partial charge in [-0.05, 0) is 40.0 Å². The minimum Gasteiger partial charge on any atom is -0.343 e. The highest BCUT2D eigenvalue weighted by Gasteiger charge is 2.22. The number of imidazole rings is 1. The van der Waals surface area contributed by atoms with Crippen molar-refractivity contribution in [2.24, 2.45) is 0 Å². The van der Waals surface area contributed by atoms with Gasteiger partial charge < -0.3 is 14.8 Å². The minimum atomic E-state index is 0.227. The molecule has 1 N–H and O–H groups in total. The van der Waals surface area contributed by atoms with Crippen molar-refractivity contribution in [1.82, 2.24) is 19.8 Å². The highest BCUT2D eigenvalue weighted by molar-refractivity contribution is 5.76. The Morgan fingerprint density at radius 2 is 2.19 bits per heavy atom. The molecular formula is C16H28N4O. The maximum absolute atomic E-state index is 12.1. The van der Waals surface area contributed by atoms with Crippen LogP contribution in [0, 0.1) is 0 Å². The van der Waals surface area contributed by atoms with Gasteiger partial charge in [0.15, 0.2) is 0 Å². The molecule has 0 spiro atoms.